The standard InChI is InChI=1S/C14H20N4O2/c1-4-18(8-9-20-3)14(19)12-10-11(15-16-12)13-6-5-7-17(13)2/h5-7,10H,4,8-9H2,1-3H3,(H,15,16). The zero-order valence-corrected chi connectivity index (χ0v) is 12.1. The van der Waals surface area contributed by atoms with Gasteiger partial charge < -0.3 is 14.2 Å². The Bertz CT molecular complexity index is 573. The second-order valence-corrected chi connectivity index (χ2v) is 4.55. The maximum atomic E-state index is 12.3. The highest BCUT2D eigenvalue weighted by Gasteiger charge is 2.17. The van der Waals surface area contributed by atoms with Gasteiger partial charge in [-0.3, -0.25) is 9.89 Å². The Kier molecular flexibility index (Phi) is 4.57. The van der Waals surface area contributed by atoms with Gasteiger partial charge in [0.15, 0.2) is 0 Å². The molecule has 0 saturated heterocycles. The number of aromatic nitrogens is 3. The average Bonchev–Trinajstić information content (AvgIpc) is 3.07. The third kappa shape index (κ3) is 2.91. The van der Waals surface area contributed by atoms with Gasteiger partial charge in [-0.1, -0.05) is 0 Å². The highest BCUT2D eigenvalue weighted by atomic mass is 16.5. The van der Waals surface area contributed by atoms with Crippen molar-refractivity contribution in [3.63, 3.8) is 0 Å². The van der Waals surface area contributed by atoms with Gasteiger partial charge in [0.25, 0.3) is 5.91 Å². The summed E-state index contributed by atoms with van der Waals surface area (Å²) in [5, 5.41) is 7.03. The number of aromatic amines is 1. The number of amides is 1. The van der Waals surface area contributed by atoms with Crippen molar-refractivity contribution in [1.29, 1.82) is 0 Å². The first-order valence-electron chi connectivity index (χ1n) is 6.62. The zero-order valence-electron chi connectivity index (χ0n) is 12.1. The zero-order chi connectivity index (χ0) is 14.5. The van der Waals surface area contributed by atoms with Crippen molar-refractivity contribution in [3.05, 3.63) is 30.1 Å². The van der Waals surface area contributed by atoms with Crippen LogP contribution in [0.5, 0.6) is 0 Å². The van der Waals surface area contributed by atoms with Crippen LogP contribution in [0.1, 0.15) is 17.4 Å². The summed E-state index contributed by atoms with van der Waals surface area (Å²) in [5.74, 6) is -0.0579. The Labute approximate surface area is 118 Å². The van der Waals surface area contributed by atoms with E-state index in [0.717, 1.165) is 11.4 Å². The van der Waals surface area contributed by atoms with Crippen LogP contribution in [-0.4, -0.2) is 52.4 Å². The van der Waals surface area contributed by atoms with Gasteiger partial charge in [0.05, 0.1) is 12.3 Å². The molecular formula is C14H20N4O2. The third-order valence-corrected chi connectivity index (χ3v) is 3.25. The molecule has 0 unspecified atom stereocenters. The van der Waals surface area contributed by atoms with Crippen LogP contribution in [0.15, 0.2) is 24.4 Å². The molecule has 0 spiro atoms. The van der Waals surface area contributed by atoms with E-state index in [1.54, 1.807) is 18.1 Å². The number of carbonyl (C=O) groups is 1. The minimum absolute atomic E-state index is 0.0579. The molecule has 0 atom stereocenters. The van der Waals surface area contributed by atoms with Gasteiger partial charge in [-0.15, -0.1) is 0 Å². The molecule has 2 aromatic rings. The lowest BCUT2D eigenvalue weighted by Gasteiger charge is -2.19. The summed E-state index contributed by atoms with van der Waals surface area (Å²) in [4.78, 5) is 14.1. The van der Waals surface area contributed by atoms with Crippen LogP contribution in [0.25, 0.3) is 11.4 Å². The van der Waals surface area contributed by atoms with Crippen molar-refractivity contribution in [2.45, 2.75) is 6.92 Å². The summed E-state index contributed by atoms with van der Waals surface area (Å²) in [5.41, 5.74) is 2.24. The fraction of sp³-hybridized carbons (Fsp3) is 0.429. The van der Waals surface area contributed by atoms with E-state index in [4.69, 9.17) is 4.74 Å². The SMILES string of the molecule is CCN(CCOC)C(=O)c1cc(-c2cccn2C)n[nH]1. The normalized spacial score (nSPS) is 10.8. The number of hydrogen-bond donors (Lipinski definition) is 1. The Morgan fingerprint density at radius 2 is 2.35 bits per heavy atom. The van der Waals surface area contributed by atoms with Gasteiger partial charge >= 0.3 is 0 Å². The molecule has 6 nitrogen and oxygen atoms in total. The van der Waals surface area contributed by atoms with E-state index in [2.05, 4.69) is 10.2 Å². The van der Waals surface area contributed by atoms with Crippen LogP contribution in [0.3, 0.4) is 0 Å². The van der Waals surface area contributed by atoms with E-state index >= 15 is 0 Å². The fourth-order valence-corrected chi connectivity index (χ4v) is 2.06. The first kappa shape index (κ1) is 14.3. The van der Waals surface area contributed by atoms with Gasteiger partial charge in [0.1, 0.15) is 11.4 Å². The van der Waals surface area contributed by atoms with Gasteiger partial charge in [-0.2, -0.15) is 5.10 Å². The van der Waals surface area contributed by atoms with Crippen LogP contribution >= 0.6 is 0 Å². The number of H-pyrrole nitrogens is 1. The molecule has 1 N–H and O–H groups in total. The van der Waals surface area contributed by atoms with Gasteiger partial charge in [-0.05, 0) is 25.1 Å². The number of carbonyl (C=O) groups excluding carboxylic acids is 1. The predicted octanol–water partition coefficient (Wildman–Crippen LogP) is 1.52. The summed E-state index contributed by atoms with van der Waals surface area (Å²) >= 11 is 0. The maximum absolute atomic E-state index is 12.3. The molecule has 0 aliphatic heterocycles. The number of nitrogens with one attached hydrogen (secondary N) is 1. The number of aryl methyl sites for hydroxylation is 1. The van der Waals surface area contributed by atoms with Crippen molar-refractivity contribution >= 4 is 5.91 Å². The number of ether oxygens (including phenoxy) is 1. The Morgan fingerprint density at radius 3 is 2.95 bits per heavy atom. The fourth-order valence-electron chi connectivity index (χ4n) is 2.06. The molecule has 2 rings (SSSR count). The quantitative estimate of drug-likeness (QED) is 0.870. The van der Waals surface area contributed by atoms with Gasteiger partial charge in [0, 0.05) is 33.4 Å². The lowest BCUT2D eigenvalue weighted by molar-refractivity contribution is 0.0700. The maximum Gasteiger partial charge on any atom is 0.271 e. The number of nitrogens with zero attached hydrogens (tertiary/aromatic N) is 3. The molecule has 1 amide bonds. The first-order valence-corrected chi connectivity index (χ1v) is 6.62. The van der Waals surface area contributed by atoms with Crippen LogP contribution in [0, 0.1) is 0 Å². The van der Waals surface area contributed by atoms with E-state index in [9.17, 15) is 4.79 Å². The Hall–Kier alpha value is -2.08. The van der Waals surface area contributed by atoms with Crippen molar-refractivity contribution < 1.29 is 9.53 Å². The molecule has 0 aromatic carbocycles. The summed E-state index contributed by atoms with van der Waals surface area (Å²) < 4.78 is 6.98. The summed E-state index contributed by atoms with van der Waals surface area (Å²) in [6.45, 7) is 3.69. The minimum atomic E-state index is -0.0579. The van der Waals surface area contributed by atoms with E-state index in [1.165, 1.54) is 0 Å². The molecule has 2 heterocycles. The predicted molar refractivity (Wildman–Crippen MR) is 76.4 cm³/mol. The lowest BCUT2D eigenvalue weighted by Crippen LogP contribution is -2.33. The molecule has 0 radical (unpaired) electrons. The molecule has 6 heteroatoms. The average molecular weight is 276 g/mol. The van der Waals surface area contributed by atoms with Crippen molar-refractivity contribution in [1.82, 2.24) is 19.7 Å². The monoisotopic (exact) mass is 276 g/mol. The molecule has 108 valence electrons. The lowest BCUT2D eigenvalue weighted by atomic mass is 10.2. The second-order valence-electron chi connectivity index (χ2n) is 4.55. The molecule has 0 aliphatic rings. The highest BCUT2D eigenvalue weighted by molar-refractivity contribution is 5.93. The molecule has 2 aromatic heterocycles. The van der Waals surface area contributed by atoms with E-state index < -0.39 is 0 Å². The Balaban J connectivity index is 2.15. The summed E-state index contributed by atoms with van der Waals surface area (Å²) in [6, 6.07) is 5.70. The first-order chi connectivity index (χ1) is 9.67. The van der Waals surface area contributed by atoms with Crippen LogP contribution < -0.4 is 0 Å². The van der Waals surface area contributed by atoms with Crippen molar-refractivity contribution in [3.8, 4) is 11.4 Å². The summed E-state index contributed by atoms with van der Waals surface area (Å²) in [6.07, 6.45) is 1.95. The number of rotatable bonds is 6. The second kappa shape index (κ2) is 6.38. The number of methoxy groups -OCH3 is 1. The molecule has 0 fully saturated rings. The Morgan fingerprint density at radius 1 is 1.55 bits per heavy atom. The smallest absolute Gasteiger partial charge is 0.271 e. The van der Waals surface area contributed by atoms with Crippen molar-refractivity contribution in [2.75, 3.05) is 26.8 Å². The van der Waals surface area contributed by atoms with E-state index in [1.807, 2.05) is 36.9 Å². The van der Waals surface area contributed by atoms with E-state index in [0.29, 0.717) is 25.4 Å². The molecule has 0 saturated carbocycles. The van der Waals surface area contributed by atoms with Gasteiger partial charge in [0.2, 0.25) is 0 Å². The largest absolute Gasteiger partial charge is 0.383 e. The molecule has 0 aliphatic carbocycles. The minimum Gasteiger partial charge on any atom is -0.383 e. The number of likely N-dealkylation sites (N-methyl/N-ethyl adjacent to an activating group) is 1. The highest BCUT2D eigenvalue weighted by Crippen LogP contribution is 2.18. The van der Waals surface area contributed by atoms with Crippen LogP contribution in [-0.2, 0) is 11.8 Å². The van der Waals surface area contributed by atoms with Crippen molar-refractivity contribution in [2.24, 2.45) is 7.05 Å². The molecule has 0 bridgehead atoms. The third-order valence-electron chi connectivity index (χ3n) is 3.25. The number of hydrogen-bond acceptors (Lipinski definition) is 3. The molecule has 20 heavy (non-hydrogen) atoms. The topological polar surface area (TPSA) is 63.1 Å². The molecular weight excluding hydrogens is 256 g/mol. The summed E-state index contributed by atoms with van der Waals surface area (Å²) in [7, 11) is 3.57. The van der Waals surface area contributed by atoms with Crippen LogP contribution in [0.4, 0.5) is 0 Å². The van der Waals surface area contributed by atoms with Gasteiger partial charge in [-0.25, -0.2) is 0 Å². The van der Waals surface area contributed by atoms with Crippen LogP contribution in [0.2, 0.25) is 0 Å². The van der Waals surface area contributed by atoms with E-state index in [-0.39, 0.29) is 5.91 Å².